The summed E-state index contributed by atoms with van der Waals surface area (Å²) in [7, 11) is 0. The molecule has 0 bridgehead atoms. The van der Waals surface area contributed by atoms with Crippen molar-refractivity contribution < 1.29 is 0 Å². The smallest absolute Gasteiger partial charge is 0.225 e. The Labute approximate surface area is 127 Å². The summed E-state index contributed by atoms with van der Waals surface area (Å²) in [6, 6.07) is 8.32. The third kappa shape index (κ3) is 3.00. The average Bonchev–Trinajstić information content (AvgIpc) is 2.71. The van der Waals surface area contributed by atoms with E-state index in [0.29, 0.717) is 5.28 Å². The van der Waals surface area contributed by atoms with E-state index in [9.17, 15) is 0 Å². The molecule has 1 unspecified atom stereocenters. The maximum atomic E-state index is 6.21. The maximum absolute atomic E-state index is 6.21. The van der Waals surface area contributed by atoms with Gasteiger partial charge in [-0.3, -0.25) is 4.57 Å². The van der Waals surface area contributed by atoms with E-state index in [1.807, 2.05) is 16.7 Å². The highest BCUT2D eigenvalue weighted by Gasteiger charge is 2.26. The minimum absolute atomic E-state index is 0.0935. The molecule has 102 valence electrons. The van der Waals surface area contributed by atoms with Crippen LogP contribution in [-0.4, -0.2) is 14.8 Å². The Morgan fingerprint density at radius 2 is 1.74 bits per heavy atom. The van der Waals surface area contributed by atoms with Crippen molar-refractivity contribution in [2.45, 2.75) is 39.2 Å². The second kappa shape index (κ2) is 5.25. The molecule has 2 rings (SSSR count). The van der Waals surface area contributed by atoms with Crippen molar-refractivity contribution in [3.05, 3.63) is 45.4 Å². The fourth-order valence-corrected chi connectivity index (χ4v) is 2.55. The lowest BCUT2D eigenvalue weighted by Gasteiger charge is -2.23. The zero-order valence-corrected chi connectivity index (χ0v) is 13.8. The number of rotatable bonds is 2. The second-order valence-electron chi connectivity index (χ2n) is 5.64. The van der Waals surface area contributed by atoms with Crippen LogP contribution >= 0.6 is 27.5 Å². The first-order valence-corrected chi connectivity index (χ1v) is 7.34. The monoisotopic (exact) mass is 341 g/mol. The van der Waals surface area contributed by atoms with Gasteiger partial charge in [-0.25, -0.2) is 0 Å². The first kappa shape index (κ1) is 14.5. The largest absolute Gasteiger partial charge is 0.294 e. The number of nitrogens with zero attached hydrogens (tertiary/aromatic N) is 3. The average molecular weight is 343 g/mol. The molecular formula is C14H17BrClN3. The van der Waals surface area contributed by atoms with Crippen molar-refractivity contribution in [1.82, 2.24) is 14.8 Å². The SMILES string of the molecule is CC(c1ccc(Br)cc1)n1c(Cl)nnc1C(C)(C)C. The lowest BCUT2D eigenvalue weighted by atomic mass is 9.95. The molecule has 0 amide bonds. The minimum atomic E-state index is -0.0935. The van der Waals surface area contributed by atoms with Crippen LogP contribution < -0.4 is 0 Å². The summed E-state index contributed by atoms with van der Waals surface area (Å²) in [5.41, 5.74) is 1.08. The van der Waals surface area contributed by atoms with E-state index in [1.54, 1.807) is 0 Å². The van der Waals surface area contributed by atoms with Gasteiger partial charge >= 0.3 is 0 Å². The molecule has 0 aliphatic rings. The van der Waals surface area contributed by atoms with Gasteiger partial charge in [-0.15, -0.1) is 10.2 Å². The fraction of sp³-hybridized carbons (Fsp3) is 0.429. The van der Waals surface area contributed by atoms with E-state index < -0.39 is 0 Å². The number of hydrogen-bond acceptors (Lipinski definition) is 2. The molecule has 1 aromatic heterocycles. The van der Waals surface area contributed by atoms with Crippen molar-refractivity contribution in [1.29, 1.82) is 0 Å². The summed E-state index contributed by atoms with van der Waals surface area (Å²) in [5.74, 6) is 0.896. The Balaban J connectivity index is 2.47. The van der Waals surface area contributed by atoms with Crippen LogP contribution in [0.4, 0.5) is 0 Å². The van der Waals surface area contributed by atoms with E-state index in [4.69, 9.17) is 11.6 Å². The molecule has 1 heterocycles. The van der Waals surface area contributed by atoms with Gasteiger partial charge in [-0.1, -0.05) is 48.8 Å². The van der Waals surface area contributed by atoms with Crippen molar-refractivity contribution >= 4 is 27.5 Å². The molecule has 5 heteroatoms. The molecule has 1 aromatic carbocycles. The van der Waals surface area contributed by atoms with E-state index in [1.165, 1.54) is 5.56 Å². The summed E-state index contributed by atoms with van der Waals surface area (Å²) < 4.78 is 3.06. The van der Waals surface area contributed by atoms with Crippen LogP contribution in [0.1, 0.15) is 45.1 Å². The van der Waals surface area contributed by atoms with Gasteiger partial charge in [0.25, 0.3) is 0 Å². The Hall–Kier alpha value is -0.870. The minimum Gasteiger partial charge on any atom is -0.294 e. The van der Waals surface area contributed by atoms with Crippen LogP contribution in [0.3, 0.4) is 0 Å². The van der Waals surface area contributed by atoms with Crippen molar-refractivity contribution in [3.63, 3.8) is 0 Å². The van der Waals surface area contributed by atoms with E-state index >= 15 is 0 Å². The highest BCUT2D eigenvalue weighted by molar-refractivity contribution is 9.10. The highest BCUT2D eigenvalue weighted by atomic mass is 79.9. The Morgan fingerprint density at radius 1 is 1.16 bits per heavy atom. The van der Waals surface area contributed by atoms with Crippen LogP contribution in [0.2, 0.25) is 5.28 Å². The molecular weight excluding hydrogens is 326 g/mol. The van der Waals surface area contributed by atoms with Gasteiger partial charge in [0.2, 0.25) is 5.28 Å². The first-order valence-electron chi connectivity index (χ1n) is 6.17. The molecule has 1 atom stereocenters. The molecule has 0 saturated carbocycles. The zero-order valence-electron chi connectivity index (χ0n) is 11.5. The van der Waals surface area contributed by atoms with Gasteiger partial charge in [0.1, 0.15) is 5.82 Å². The van der Waals surface area contributed by atoms with E-state index in [2.05, 4.69) is 66.0 Å². The molecule has 0 spiro atoms. The van der Waals surface area contributed by atoms with Gasteiger partial charge in [-0.2, -0.15) is 0 Å². The Kier molecular flexibility index (Phi) is 4.02. The third-order valence-corrected chi connectivity index (χ3v) is 3.85. The van der Waals surface area contributed by atoms with Crippen LogP contribution in [0.5, 0.6) is 0 Å². The quantitative estimate of drug-likeness (QED) is 0.798. The molecule has 19 heavy (non-hydrogen) atoms. The lowest BCUT2D eigenvalue weighted by Crippen LogP contribution is -2.21. The van der Waals surface area contributed by atoms with E-state index in [-0.39, 0.29) is 11.5 Å². The van der Waals surface area contributed by atoms with Crippen LogP contribution in [0.25, 0.3) is 0 Å². The standard InChI is InChI=1S/C14H17BrClN3/c1-9(10-5-7-11(15)8-6-10)19-12(14(2,3)4)17-18-13(19)16/h5-9H,1-4H3. The van der Waals surface area contributed by atoms with Crippen molar-refractivity contribution in [2.75, 3.05) is 0 Å². The predicted octanol–water partition coefficient (Wildman–Crippen LogP) is 4.60. The Morgan fingerprint density at radius 3 is 2.26 bits per heavy atom. The molecule has 0 aliphatic heterocycles. The summed E-state index contributed by atoms with van der Waals surface area (Å²) in [6.45, 7) is 8.43. The van der Waals surface area contributed by atoms with Crippen LogP contribution in [-0.2, 0) is 5.41 Å². The number of aromatic nitrogens is 3. The first-order chi connectivity index (χ1) is 8.80. The van der Waals surface area contributed by atoms with Crippen LogP contribution in [0, 0.1) is 0 Å². The van der Waals surface area contributed by atoms with Gasteiger partial charge in [0.05, 0.1) is 6.04 Å². The van der Waals surface area contributed by atoms with Gasteiger partial charge in [0, 0.05) is 9.89 Å². The van der Waals surface area contributed by atoms with Crippen molar-refractivity contribution in [2.24, 2.45) is 0 Å². The summed E-state index contributed by atoms with van der Waals surface area (Å²) in [6.07, 6.45) is 0. The summed E-state index contributed by atoms with van der Waals surface area (Å²) >= 11 is 9.65. The molecule has 0 N–H and O–H groups in total. The maximum Gasteiger partial charge on any atom is 0.225 e. The van der Waals surface area contributed by atoms with E-state index in [0.717, 1.165) is 10.3 Å². The van der Waals surface area contributed by atoms with Gasteiger partial charge < -0.3 is 0 Å². The van der Waals surface area contributed by atoms with Gasteiger partial charge in [-0.05, 0) is 36.2 Å². The zero-order chi connectivity index (χ0) is 14.2. The Bertz CT molecular complexity index is 569. The molecule has 0 fully saturated rings. The normalized spacial score (nSPS) is 13.6. The lowest BCUT2D eigenvalue weighted by molar-refractivity contribution is 0.481. The number of hydrogen-bond donors (Lipinski definition) is 0. The molecule has 0 aliphatic carbocycles. The molecule has 0 saturated heterocycles. The number of benzene rings is 1. The van der Waals surface area contributed by atoms with Crippen LogP contribution in [0.15, 0.2) is 28.7 Å². The predicted molar refractivity (Wildman–Crippen MR) is 81.7 cm³/mol. The molecule has 3 nitrogen and oxygen atoms in total. The summed E-state index contributed by atoms with van der Waals surface area (Å²) in [4.78, 5) is 0. The van der Waals surface area contributed by atoms with Gasteiger partial charge in [0.15, 0.2) is 0 Å². The number of halogens is 2. The van der Waals surface area contributed by atoms with Crippen molar-refractivity contribution in [3.8, 4) is 0 Å². The molecule has 2 aromatic rings. The highest BCUT2D eigenvalue weighted by Crippen LogP contribution is 2.30. The fourth-order valence-electron chi connectivity index (χ4n) is 2.02. The molecule has 0 radical (unpaired) electrons. The second-order valence-corrected chi connectivity index (χ2v) is 6.89. The summed E-state index contributed by atoms with van der Waals surface area (Å²) in [5, 5.41) is 8.67. The third-order valence-electron chi connectivity index (χ3n) is 3.06. The topological polar surface area (TPSA) is 30.7 Å².